The molecular weight excluding hydrogens is 197 g/mol. The smallest absolute Gasteiger partial charge is 0.258 e. The number of non-ortho nitro benzene ring substituents is 1. The molecule has 1 rings (SSSR count). The topological polar surface area (TPSA) is 43.1 Å². The number of nitro groups is 1. The van der Waals surface area contributed by atoms with Gasteiger partial charge in [0, 0.05) is 12.1 Å². The van der Waals surface area contributed by atoms with Crippen molar-refractivity contribution in [1.82, 2.24) is 0 Å². The predicted octanol–water partition coefficient (Wildman–Crippen LogP) is 3.32. The minimum atomic E-state index is -0.508. The molecule has 3 nitrogen and oxygen atoms in total. The van der Waals surface area contributed by atoms with Crippen molar-refractivity contribution in [2.75, 3.05) is 0 Å². The van der Waals surface area contributed by atoms with Gasteiger partial charge in [0.2, 0.25) is 0 Å². The summed E-state index contributed by atoms with van der Waals surface area (Å²) in [5.74, 6) is -0.379. The summed E-state index contributed by atoms with van der Waals surface area (Å²) in [7, 11) is 0. The summed E-state index contributed by atoms with van der Waals surface area (Å²) in [4.78, 5) is 10.0. The van der Waals surface area contributed by atoms with Crippen LogP contribution in [0.2, 0.25) is 0 Å². The molecule has 0 amide bonds. The summed E-state index contributed by atoms with van der Waals surface area (Å²) in [5, 5.41) is 10.5. The van der Waals surface area contributed by atoms with Crippen molar-refractivity contribution in [3.05, 3.63) is 39.7 Å². The van der Waals surface area contributed by atoms with E-state index in [1.807, 2.05) is 20.8 Å². The van der Waals surface area contributed by atoms with Crippen LogP contribution in [0.5, 0.6) is 0 Å². The zero-order chi connectivity index (χ0) is 11.6. The van der Waals surface area contributed by atoms with Crippen LogP contribution >= 0.6 is 0 Å². The summed E-state index contributed by atoms with van der Waals surface area (Å²) >= 11 is 0. The molecule has 4 heteroatoms. The van der Waals surface area contributed by atoms with Crippen LogP contribution in [0.15, 0.2) is 18.2 Å². The number of benzene rings is 1. The number of hydrogen-bond donors (Lipinski definition) is 0. The van der Waals surface area contributed by atoms with Gasteiger partial charge in [-0.05, 0) is 23.5 Å². The van der Waals surface area contributed by atoms with Crippen molar-refractivity contribution in [3.8, 4) is 0 Å². The second-order valence-electron chi connectivity index (χ2n) is 4.77. The highest BCUT2D eigenvalue weighted by Gasteiger charge is 2.17. The third-order valence-corrected chi connectivity index (χ3v) is 1.96. The Morgan fingerprint density at radius 3 is 2.47 bits per heavy atom. The van der Waals surface area contributed by atoms with Gasteiger partial charge in [-0.2, -0.15) is 0 Å². The van der Waals surface area contributed by atoms with Crippen LogP contribution in [0.4, 0.5) is 10.1 Å². The van der Waals surface area contributed by atoms with E-state index in [0.717, 1.165) is 6.07 Å². The fourth-order valence-corrected chi connectivity index (χ4v) is 1.38. The van der Waals surface area contributed by atoms with E-state index in [4.69, 9.17) is 0 Å². The molecule has 0 aliphatic rings. The largest absolute Gasteiger partial charge is 0.269 e. The number of hydrogen-bond acceptors (Lipinski definition) is 2. The van der Waals surface area contributed by atoms with E-state index >= 15 is 0 Å². The molecule has 0 N–H and O–H groups in total. The second kappa shape index (κ2) is 3.96. The van der Waals surface area contributed by atoms with Gasteiger partial charge in [-0.1, -0.05) is 20.8 Å². The van der Waals surface area contributed by atoms with Crippen LogP contribution in [0, 0.1) is 21.3 Å². The van der Waals surface area contributed by atoms with Crippen LogP contribution in [0.3, 0.4) is 0 Å². The molecule has 0 aromatic heterocycles. The van der Waals surface area contributed by atoms with Crippen molar-refractivity contribution in [3.63, 3.8) is 0 Å². The van der Waals surface area contributed by atoms with Crippen LogP contribution in [-0.4, -0.2) is 4.92 Å². The van der Waals surface area contributed by atoms with Crippen LogP contribution in [0.25, 0.3) is 0 Å². The normalized spacial score (nSPS) is 11.5. The standard InChI is InChI=1S/C11H14FNO2/c1-11(2,3)7-8-6-9(13(14)15)4-5-10(8)12/h4-6H,7H2,1-3H3. The maximum Gasteiger partial charge on any atom is 0.269 e. The lowest BCUT2D eigenvalue weighted by molar-refractivity contribution is -0.385. The van der Waals surface area contributed by atoms with E-state index in [9.17, 15) is 14.5 Å². The second-order valence-corrected chi connectivity index (χ2v) is 4.77. The minimum absolute atomic E-state index is 0.0596. The summed E-state index contributed by atoms with van der Waals surface area (Å²) < 4.78 is 13.3. The Bertz CT molecular complexity index is 383. The quantitative estimate of drug-likeness (QED) is 0.556. The molecule has 0 aliphatic carbocycles. The molecular formula is C11H14FNO2. The zero-order valence-corrected chi connectivity index (χ0v) is 9.08. The van der Waals surface area contributed by atoms with Crippen molar-refractivity contribution in [1.29, 1.82) is 0 Å². The first-order chi connectivity index (χ1) is 6.79. The highest BCUT2D eigenvalue weighted by atomic mass is 19.1. The van der Waals surface area contributed by atoms with Crippen LogP contribution in [0.1, 0.15) is 26.3 Å². The number of nitrogens with zero attached hydrogens (tertiary/aromatic N) is 1. The lowest BCUT2D eigenvalue weighted by Gasteiger charge is -2.18. The van der Waals surface area contributed by atoms with Crippen molar-refractivity contribution in [2.45, 2.75) is 27.2 Å². The Morgan fingerprint density at radius 1 is 1.40 bits per heavy atom. The third kappa shape index (κ3) is 3.31. The summed E-state index contributed by atoms with van der Waals surface area (Å²) in [6.07, 6.45) is 0.487. The number of halogens is 1. The highest BCUT2D eigenvalue weighted by Crippen LogP contribution is 2.25. The van der Waals surface area contributed by atoms with Gasteiger partial charge in [-0.25, -0.2) is 4.39 Å². The first kappa shape index (κ1) is 11.6. The molecule has 0 saturated carbocycles. The Kier molecular flexibility index (Phi) is 3.07. The van der Waals surface area contributed by atoms with Gasteiger partial charge in [0.15, 0.2) is 0 Å². The van der Waals surface area contributed by atoms with Gasteiger partial charge >= 0.3 is 0 Å². The van der Waals surface area contributed by atoms with E-state index in [1.54, 1.807) is 0 Å². The Hall–Kier alpha value is -1.45. The lowest BCUT2D eigenvalue weighted by atomic mass is 9.88. The summed E-state index contributed by atoms with van der Waals surface area (Å²) in [6.45, 7) is 5.89. The van der Waals surface area contributed by atoms with Gasteiger partial charge in [0.25, 0.3) is 5.69 Å². The van der Waals surface area contributed by atoms with Crippen molar-refractivity contribution in [2.24, 2.45) is 5.41 Å². The molecule has 0 saturated heterocycles. The molecule has 1 aromatic carbocycles. The molecule has 0 heterocycles. The van der Waals surface area contributed by atoms with E-state index in [0.29, 0.717) is 12.0 Å². The SMILES string of the molecule is CC(C)(C)Cc1cc([N+](=O)[O-])ccc1F. The first-order valence-electron chi connectivity index (χ1n) is 4.72. The highest BCUT2D eigenvalue weighted by molar-refractivity contribution is 5.35. The molecule has 15 heavy (non-hydrogen) atoms. The average Bonchev–Trinajstić information content (AvgIpc) is 2.06. The molecule has 0 atom stereocenters. The fourth-order valence-electron chi connectivity index (χ4n) is 1.38. The Balaban J connectivity index is 3.06. The third-order valence-electron chi connectivity index (χ3n) is 1.96. The van der Waals surface area contributed by atoms with Gasteiger partial charge in [-0.15, -0.1) is 0 Å². The average molecular weight is 211 g/mol. The molecule has 1 aromatic rings. The molecule has 0 aliphatic heterocycles. The molecule has 0 unspecified atom stereocenters. The van der Waals surface area contributed by atoms with E-state index in [1.165, 1.54) is 12.1 Å². The first-order valence-corrected chi connectivity index (χ1v) is 4.72. The van der Waals surface area contributed by atoms with Crippen molar-refractivity contribution < 1.29 is 9.31 Å². The molecule has 0 spiro atoms. The van der Waals surface area contributed by atoms with E-state index in [2.05, 4.69) is 0 Å². The van der Waals surface area contributed by atoms with Gasteiger partial charge in [0.1, 0.15) is 5.82 Å². The van der Waals surface area contributed by atoms with Crippen LogP contribution < -0.4 is 0 Å². The molecule has 0 fully saturated rings. The monoisotopic (exact) mass is 211 g/mol. The Labute approximate surface area is 88.1 Å². The number of rotatable bonds is 2. The molecule has 82 valence electrons. The fraction of sp³-hybridized carbons (Fsp3) is 0.455. The van der Waals surface area contributed by atoms with Gasteiger partial charge in [0.05, 0.1) is 4.92 Å². The maximum atomic E-state index is 13.3. The molecule has 0 radical (unpaired) electrons. The van der Waals surface area contributed by atoms with Crippen molar-refractivity contribution >= 4 is 5.69 Å². The lowest BCUT2D eigenvalue weighted by Crippen LogP contribution is -2.10. The maximum absolute atomic E-state index is 13.3. The van der Waals surface area contributed by atoms with Crippen LogP contribution in [-0.2, 0) is 6.42 Å². The van der Waals surface area contributed by atoms with E-state index in [-0.39, 0.29) is 16.9 Å². The predicted molar refractivity (Wildman–Crippen MR) is 56.2 cm³/mol. The molecule has 0 bridgehead atoms. The van der Waals surface area contributed by atoms with E-state index < -0.39 is 4.92 Å². The minimum Gasteiger partial charge on any atom is -0.258 e. The summed E-state index contributed by atoms with van der Waals surface area (Å²) in [6, 6.07) is 3.64. The number of nitro benzene ring substituents is 1. The Morgan fingerprint density at radius 2 is 2.00 bits per heavy atom. The zero-order valence-electron chi connectivity index (χ0n) is 9.08. The van der Waals surface area contributed by atoms with Gasteiger partial charge < -0.3 is 0 Å². The summed E-state index contributed by atoms with van der Waals surface area (Å²) in [5.41, 5.74) is 0.253. The van der Waals surface area contributed by atoms with Gasteiger partial charge in [-0.3, -0.25) is 10.1 Å².